The average Bonchev–Trinajstić information content (AvgIpc) is 2.94. The van der Waals surface area contributed by atoms with Gasteiger partial charge in [-0.25, -0.2) is 0 Å². The average molecular weight is 281 g/mol. The third-order valence-corrected chi connectivity index (χ3v) is 3.20. The van der Waals surface area contributed by atoms with Gasteiger partial charge in [0.2, 0.25) is 0 Å². The van der Waals surface area contributed by atoms with Crippen LogP contribution >= 0.6 is 11.6 Å². The minimum atomic E-state index is -0.256. The van der Waals surface area contributed by atoms with Gasteiger partial charge in [-0.2, -0.15) is 0 Å². The maximum atomic E-state index is 6.42. The van der Waals surface area contributed by atoms with Crippen LogP contribution in [0, 0.1) is 0 Å². The molecule has 3 nitrogen and oxygen atoms in total. The van der Waals surface area contributed by atoms with Crippen molar-refractivity contribution in [2.75, 3.05) is 13.2 Å². The number of ether oxygens (including phenoxy) is 2. The molecule has 0 amide bonds. The second kappa shape index (κ2) is 6.53. The maximum Gasteiger partial charge on any atom is 0.161 e. The van der Waals surface area contributed by atoms with Gasteiger partial charge in [-0.05, 0) is 37.6 Å². The largest absolute Gasteiger partial charge is 0.490 e. The molecule has 0 saturated heterocycles. The monoisotopic (exact) mass is 280 g/mol. The third-order valence-electron chi connectivity index (χ3n) is 2.70. The van der Waals surface area contributed by atoms with Crippen molar-refractivity contribution < 1.29 is 13.9 Å². The minimum Gasteiger partial charge on any atom is -0.490 e. The molecule has 0 bridgehead atoms. The van der Waals surface area contributed by atoms with Crippen LogP contribution in [-0.4, -0.2) is 13.2 Å². The highest BCUT2D eigenvalue weighted by atomic mass is 35.5. The van der Waals surface area contributed by atoms with E-state index in [1.807, 2.05) is 38.1 Å². The number of rotatable bonds is 6. The summed E-state index contributed by atoms with van der Waals surface area (Å²) in [6, 6.07) is 7.60. The molecule has 1 aromatic carbocycles. The molecule has 4 heteroatoms. The van der Waals surface area contributed by atoms with Crippen LogP contribution in [0.2, 0.25) is 0 Å². The van der Waals surface area contributed by atoms with Gasteiger partial charge < -0.3 is 13.9 Å². The van der Waals surface area contributed by atoms with E-state index in [0.29, 0.717) is 13.2 Å². The Bertz CT molecular complexity index is 508. The Hall–Kier alpha value is -1.61. The molecule has 0 aliphatic heterocycles. The third kappa shape index (κ3) is 3.24. The molecular formula is C15H17ClO3. The summed E-state index contributed by atoms with van der Waals surface area (Å²) in [6.45, 7) is 5.07. The van der Waals surface area contributed by atoms with E-state index in [4.69, 9.17) is 25.5 Å². The lowest BCUT2D eigenvalue weighted by atomic mass is 10.1. The van der Waals surface area contributed by atoms with E-state index < -0.39 is 0 Å². The molecule has 0 fully saturated rings. The van der Waals surface area contributed by atoms with Crippen LogP contribution < -0.4 is 9.47 Å². The van der Waals surface area contributed by atoms with Crippen molar-refractivity contribution in [3.05, 3.63) is 47.9 Å². The summed E-state index contributed by atoms with van der Waals surface area (Å²) in [5.41, 5.74) is 1.88. The van der Waals surface area contributed by atoms with Crippen molar-refractivity contribution in [2.45, 2.75) is 19.2 Å². The SMILES string of the molecule is CCOc1ccc(C(Cl)c2ccoc2)cc1OCC. The van der Waals surface area contributed by atoms with Gasteiger partial charge in [0.1, 0.15) is 0 Å². The normalized spacial score (nSPS) is 12.2. The Labute approximate surface area is 118 Å². The molecule has 2 rings (SSSR count). The van der Waals surface area contributed by atoms with Gasteiger partial charge in [0.15, 0.2) is 11.5 Å². The zero-order valence-electron chi connectivity index (χ0n) is 11.1. The first-order valence-electron chi connectivity index (χ1n) is 6.32. The van der Waals surface area contributed by atoms with E-state index in [0.717, 1.165) is 22.6 Å². The summed E-state index contributed by atoms with van der Waals surface area (Å²) in [5, 5.41) is -0.256. The number of hydrogen-bond acceptors (Lipinski definition) is 3. The molecular weight excluding hydrogens is 264 g/mol. The fraction of sp³-hybridized carbons (Fsp3) is 0.333. The van der Waals surface area contributed by atoms with E-state index in [9.17, 15) is 0 Å². The maximum absolute atomic E-state index is 6.42. The second-order valence-corrected chi connectivity index (χ2v) is 4.43. The predicted molar refractivity (Wildman–Crippen MR) is 75.2 cm³/mol. The van der Waals surface area contributed by atoms with Crippen LogP contribution in [-0.2, 0) is 0 Å². The summed E-state index contributed by atoms with van der Waals surface area (Å²) in [7, 11) is 0. The minimum absolute atomic E-state index is 0.256. The highest BCUT2D eigenvalue weighted by molar-refractivity contribution is 6.22. The fourth-order valence-corrected chi connectivity index (χ4v) is 2.10. The Balaban J connectivity index is 2.29. The van der Waals surface area contributed by atoms with E-state index in [1.54, 1.807) is 12.5 Å². The Morgan fingerprint density at radius 2 is 1.79 bits per heavy atom. The number of alkyl halides is 1. The molecule has 1 heterocycles. The molecule has 1 unspecified atom stereocenters. The van der Waals surface area contributed by atoms with E-state index in [1.165, 1.54) is 0 Å². The molecule has 0 radical (unpaired) electrons. The van der Waals surface area contributed by atoms with Crippen LogP contribution in [0.3, 0.4) is 0 Å². The highest BCUT2D eigenvalue weighted by Crippen LogP contribution is 2.35. The molecule has 1 atom stereocenters. The molecule has 2 aromatic rings. The van der Waals surface area contributed by atoms with Gasteiger partial charge in [-0.1, -0.05) is 6.07 Å². The highest BCUT2D eigenvalue weighted by Gasteiger charge is 2.15. The summed E-state index contributed by atoms with van der Waals surface area (Å²) in [6.07, 6.45) is 3.26. The second-order valence-electron chi connectivity index (χ2n) is 3.99. The van der Waals surface area contributed by atoms with Crippen LogP contribution in [0.1, 0.15) is 30.4 Å². The Kier molecular flexibility index (Phi) is 4.74. The van der Waals surface area contributed by atoms with Gasteiger partial charge >= 0.3 is 0 Å². The number of hydrogen-bond donors (Lipinski definition) is 0. The zero-order valence-corrected chi connectivity index (χ0v) is 11.8. The lowest BCUT2D eigenvalue weighted by molar-refractivity contribution is 0.287. The topological polar surface area (TPSA) is 31.6 Å². The zero-order chi connectivity index (χ0) is 13.7. The first-order chi connectivity index (χ1) is 9.26. The van der Waals surface area contributed by atoms with Crippen molar-refractivity contribution in [1.29, 1.82) is 0 Å². The Morgan fingerprint density at radius 3 is 2.42 bits per heavy atom. The van der Waals surface area contributed by atoms with E-state index in [2.05, 4.69) is 0 Å². The van der Waals surface area contributed by atoms with E-state index >= 15 is 0 Å². The first-order valence-corrected chi connectivity index (χ1v) is 6.75. The van der Waals surface area contributed by atoms with Gasteiger partial charge in [-0.3, -0.25) is 0 Å². The molecule has 102 valence electrons. The number of furan rings is 1. The van der Waals surface area contributed by atoms with Crippen LogP contribution in [0.5, 0.6) is 11.5 Å². The molecule has 19 heavy (non-hydrogen) atoms. The smallest absolute Gasteiger partial charge is 0.161 e. The van der Waals surface area contributed by atoms with Crippen molar-refractivity contribution >= 4 is 11.6 Å². The van der Waals surface area contributed by atoms with Crippen molar-refractivity contribution in [2.24, 2.45) is 0 Å². The van der Waals surface area contributed by atoms with Crippen molar-refractivity contribution in [3.8, 4) is 11.5 Å². The van der Waals surface area contributed by atoms with Crippen molar-refractivity contribution in [1.82, 2.24) is 0 Å². The van der Waals surface area contributed by atoms with Gasteiger partial charge in [0, 0.05) is 5.56 Å². The summed E-state index contributed by atoms with van der Waals surface area (Å²) < 4.78 is 16.2. The fourth-order valence-electron chi connectivity index (χ4n) is 1.84. The standard InChI is InChI=1S/C15H17ClO3/c1-3-18-13-6-5-11(9-14(13)19-4-2)15(16)12-7-8-17-10-12/h5-10,15H,3-4H2,1-2H3. The van der Waals surface area contributed by atoms with Crippen LogP contribution in [0.4, 0.5) is 0 Å². The lowest BCUT2D eigenvalue weighted by Gasteiger charge is -2.14. The molecule has 0 N–H and O–H groups in total. The summed E-state index contributed by atoms with van der Waals surface area (Å²) in [4.78, 5) is 0. The van der Waals surface area contributed by atoms with E-state index in [-0.39, 0.29) is 5.38 Å². The molecule has 0 saturated carbocycles. The lowest BCUT2D eigenvalue weighted by Crippen LogP contribution is -2.00. The molecule has 0 spiro atoms. The summed E-state index contributed by atoms with van der Waals surface area (Å²) in [5.74, 6) is 1.46. The molecule has 0 aliphatic rings. The first kappa shape index (κ1) is 13.8. The van der Waals surface area contributed by atoms with Crippen molar-refractivity contribution in [3.63, 3.8) is 0 Å². The number of benzene rings is 1. The van der Waals surface area contributed by atoms with Gasteiger partial charge in [0.25, 0.3) is 0 Å². The van der Waals surface area contributed by atoms with Gasteiger partial charge in [-0.15, -0.1) is 11.6 Å². The molecule has 1 aromatic heterocycles. The predicted octanol–water partition coefficient (Wildman–Crippen LogP) is 4.41. The summed E-state index contributed by atoms with van der Waals surface area (Å²) >= 11 is 6.42. The number of halogens is 1. The Morgan fingerprint density at radius 1 is 1.05 bits per heavy atom. The van der Waals surface area contributed by atoms with Crippen LogP contribution in [0.15, 0.2) is 41.2 Å². The molecule has 0 aliphatic carbocycles. The van der Waals surface area contributed by atoms with Gasteiger partial charge in [0.05, 0.1) is 31.1 Å². The quantitative estimate of drug-likeness (QED) is 0.735. The van der Waals surface area contributed by atoms with Crippen LogP contribution in [0.25, 0.3) is 0 Å².